The number of aromatic nitrogens is 3. The van der Waals surface area contributed by atoms with E-state index in [1.165, 1.54) is 129 Å². The number of aliphatic hydroxyl groups is 1. The highest BCUT2D eigenvalue weighted by Crippen LogP contribution is 2.81. The van der Waals surface area contributed by atoms with Gasteiger partial charge in [-0.15, -0.1) is 0 Å². The zero-order valence-corrected chi connectivity index (χ0v) is 59.2. The van der Waals surface area contributed by atoms with Gasteiger partial charge in [-0.05, 0) is 224 Å². The van der Waals surface area contributed by atoms with Crippen LogP contribution in [-0.4, -0.2) is 107 Å². The Kier molecular flexibility index (Phi) is 17.1. The van der Waals surface area contributed by atoms with Gasteiger partial charge in [-0.3, -0.25) is 0 Å². The van der Waals surface area contributed by atoms with Crippen molar-refractivity contribution < 1.29 is 35.4 Å². The fourth-order valence-electron chi connectivity index (χ4n) is 24.5. The molecule has 0 amide bonds. The molecule has 7 aromatic rings. The number of fused-ring (bicyclic) bond motifs is 9. The molecule has 5 aromatic carbocycles. The molecule has 19 rings (SSSR count). The summed E-state index contributed by atoms with van der Waals surface area (Å²) in [7, 11) is 4.26. The number of aromatic amines is 2. The zero-order valence-electron chi connectivity index (χ0n) is 57.6. The van der Waals surface area contributed by atoms with Gasteiger partial charge in [0.25, 0.3) is 0 Å². The highest BCUT2D eigenvalue weighted by Gasteiger charge is 2.80. The Bertz CT molecular complexity index is 4260. The lowest BCUT2D eigenvalue weighted by Gasteiger charge is -2.76. The smallest absolute Gasteiger partial charge is 0.169 e. The van der Waals surface area contributed by atoms with E-state index in [9.17, 15) is 30.6 Å². The average Bonchev–Trinajstić information content (AvgIpc) is 1.25. The predicted molar refractivity (Wildman–Crippen MR) is 400 cm³/mol. The second-order valence-corrected chi connectivity index (χ2v) is 35.6. The van der Waals surface area contributed by atoms with Gasteiger partial charge in [0.05, 0.1) is 23.4 Å². The van der Waals surface area contributed by atoms with Crippen LogP contribution in [0.4, 0.5) is 0 Å². The number of aryl methyl sites for hydroxylation is 1. The van der Waals surface area contributed by atoms with Crippen molar-refractivity contribution in [2.45, 2.75) is 188 Å². The number of piperidine rings is 2. The summed E-state index contributed by atoms with van der Waals surface area (Å²) in [4.78, 5) is 13.0. The Balaban J connectivity index is 0.735. The van der Waals surface area contributed by atoms with Crippen molar-refractivity contribution in [1.82, 2.24) is 30.9 Å². The van der Waals surface area contributed by atoms with Crippen LogP contribution in [0.2, 0.25) is 0 Å². The number of hydrogen-bond acceptors (Lipinski definition) is 13. The second kappa shape index (κ2) is 26.1. The molecular weight excluding hydrogens is 1280 g/mol. The van der Waals surface area contributed by atoms with Crippen molar-refractivity contribution in [3.8, 4) is 28.7 Å². The average molecular weight is 1380 g/mol. The maximum Gasteiger partial charge on any atom is 0.169 e. The number of hydrogen-bond donors (Lipinski definition) is 11. The Hall–Kier alpha value is -6.43. The first-order chi connectivity index (χ1) is 48.8. The lowest BCUT2D eigenvalue weighted by atomic mass is 9.30. The molecule has 2 aromatic heterocycles. The van der Waals surface area contributed by atoms with E-state index in [-0.39, 0.29) is 92.0 Å². The van der Waals surface area contributed by atoms with Gasteiger partial charge in [-0.1, -0.05) is 150 Å². The number of imidazole rings is 1. The van der Waals surface area contributed by atoms with E-state index in [1.807, 2.05) is 18.5 Å². The van der Waals surface area contributed by atoms with Crippen LogP contribution < -0.4 is 16.0 Å². The molecule has 11 N–H and O–H groups in total. The second-order valence-electron chi connectivity index (χ2n) is 33.1. The summed E-state index contributed by atoms with van der Waals surface area (Å²) >= 11 is 0. The van der Waals surface area contributed by atoms with Gasteiger partial charge >= 0.3 is 0 Å². The molecule has 10 fully saturated rings. The highest BCUT2D eigenvalue weighted by atomic mass is 33.1. The van der Waals surface area contributed by atoms with E-state index in [2.05, 4.69) is 133 Å². The normalized spacial score (nSPS) is 35.9. The fraction of sp³-hybridized carbons (Fsp3) is 0.518. The molecule has 5 saturated heterocycles. The lowest BCUT2D eigenvalue weighted by molar-refractivity contribution is -0.228. The number of nitrogens with zero attached hydrogens (tertiary/aromatic N) is 1. The van der Waals surface area contributed by atoms with E-state index in [4.69, 9.17) is 15.0 Å². The summed E-state index contributed by atoms with van der Waals surface area (Å²) in [6.07, 6.45) is 40.4. The van der Waals surface area contributed by atoms with Crippen molar-refractivity contribution in [2.24, 2.45) is 51.8 Å². The van der Waals surface area contributed by atoms with Gasteiger partial charge in [0.2, 0.25) is 0 Å². The minimum Gasteiger partial charge on any atom is -0.507 e. The third kappa shape index (κ3) is 10.8. The molecule has 15 heteroatoms. The summed E-state index contributed by atoms with van der Waals surface area (Å²) in [6, 6.07) is 33.4. The number of ether oxygens (including phenoxy) is 1. The Labute approximate surface area is 596 Å². The maximum absolute atomic E-state index is 13.7. The van der Waals surface area contributed by atoms with Gasteiger partial charge < -0.3 is 61.3 Å². The third-order valence-electron chi connectivity index (χ3n) is 28.6. The Morgan fingerprint density at radius 3 is 2.38 bits per heavy atom. The molecule has 0 unspecified atom stereocenters. The van der Waals surface area contributed by atoms with Crippen LogP contribution in [0.15, 0.2) is 140 Å². The Morgan fingerprint density at radius 1 is 0.680 bits per heavy atom. The van der Waals surface area contributed by atoms with E-state index in [0.29, 0.717) is 70.4 Å². The van der Waals surface area contributed by atoms with Crippen molar-refractivity contribution in [1.29, 1.82) is 0 Å². The number of phenols is 5. The molecule has 8 heterocycles. The number of aromatic hydroxyl groups is 5. The topological polar surface area (TPSA) is 211 Å². The van der Waals surface area contributed by atoms with Crippen LogP contribution in [0.3, 0.4) is 0 Å². The number of aliphatic hydroxyl groups excluding tert-OH is 1. The van der Waals surface area contributed by atoms with Gasteiger partial charge in [-0.2, -0.15) is 0 Å². The van der Waals surface area contributed by atoms with E-state index in [1.54, 1.807) is 18.2 Å². The fourth-order valence-corrected chi connectivity index (χ4v) is 27.4. The molecule has 17 atom stereocenters. The number of benzene rings is 5. The molecule has 100 heavy (non-hydrogen) atoms. The number of allylic oxidation sites excluding steroid dienone is 1. The maximum atomic E-state index is 13.7. The van der Waals surface area contributed by atoms with Crippen LogP contribution in [0.25, 0.3) is 22.9 Å². The highest BCUT2D eigenvalue weighted by molar-refractivity contribution is 8.76. The number of phenolic OH excluding ortho intramolecular Hbond substituents is 5. The Morgan fingerprint density at radius 2 is 1.53 bits per heavy atom. The third-order valence-corrected chi connectivity index (χ3v) is 31.1. The molecule has 4 spiro atoms. The lowest BCUT2D eigenvalue weighted by Crippen LogP contribution is -2.79. The van der Waals surface area contributed by atoms with Crippen LogP contribution in [-0.2, 0) is 29.4 Å². The van der Waals surface area contributed by atoms with Gasteiger partial charge in [0, 0.05) is 108 Å². The summed E-state index contributed by atoms with van der Waals surface area (Å²) in [5.74, 6) is 3.74. The van der Waals surface area contributed by atoms with Crippen molar-refractivity contribution in [3.05, 3.63) is 190 Å². The van der Waals surface area contributed by atoms with Crippen LogP contribution in [0.5, 0.6) is 28.7 Å². The largest absolute Gasteiger partial charge is 0.507 e. The van der Waals surface area contributed by atoms with Crippen molar-refractivity contribution in [3.63, 3.8) is 0 Å². The predicted octanol–water partition coefficient (Wildman–Crippen LogP) is 16.1. The summed E-state index contributed by atoms with van der Waals surface area (Å²) in [5.41, 5.74) is 10.5. The van der Waals surface area contributed by atoms with Crippen molar-refractivity contribution >= 4 is 44.5 Å². The molecule has 5 saturated carbocycles. The summed E-state index contributed by atoms with van der Waals surface area (Å²) in [6.45, 7) is 2.62. The standard InChI is InChI=1S/C85H100N6O7S2/c92-71-26-18-52(36-74(71)95)17-24-63-64-12-7-13-72(93)76(64)78(97)77(96)65(63)25-16-51-14-19-55(20-15-51)68-41-81-42-69-57(38-66(70(43-81)90-69)54-9-3-1-4-10-54)44-86-45-58(56-37-62(88-46-56)35-53-28-34-98-82(40-53)29-5-2-6-30-82)48-99-100-49-61-22-21-60-39-67(81)80(91-68)85(75-47-87-50-89-75)79-73(94)27-23-59-11-8-31-83(59,79)32-33-84(60,61)85/h1,3-4,7,9-10,12-15,17-20,23-24,26-27,36-38,46-47,50,53,58-61,66-70,73,79-80,86,88,90-97H,2,5-6,8,11,16,21-22,25,28-35,39-45,48-49H2,(H,87,89)/b24-17+/t53-,58+,59+,60+,61+,66-,67+,68+,69-,70+,73-,79-,80+,81+,83-,84-,85-/m0/s1. The molecule has 524 valence electrons. The van der Waals surface area contributed by atoms with Gasteiger partial charge in [0.1, 0.15) is 5.75 Å². The first kappa shape index (κ1) is 65.6. The van der Waals surface area contributed by atoms with E-state index >= 15 is 0 Å². The molecule has 8 bridgehead atoms. The minimum absolute atomic E-state index is 0.000650. The van der Waals surface area contributed by atoms with E-state index < -0.39 is 11.5 Å². The van der Waals surface area contributed by atoms with Crippen LogP contribution >= 0.6 is 21.6 Å². The zero-order chi connectivity index (χ0) is 67.5. The molecule has 6 aliphatic carbocycles. The molecule has 13 nitrogen and oxygen atoms in total. The first-order valence-electron chi connectivity index (χ1n) is 38.2. The molecule has 12 aliphatic rings. The minimum atomic E-state index is -0.599. The molecule has 0 radical (unpaired) electrons. The monoisotopic (exact) mass is 1380 g/mol. The van der Waals surface area contributed by atoms with Crippen LogP contribution in [0, 0.1) is 51.8 Å². The summed E-state index contributed by atoms with van der Waals surface area (Å²) in [5, 5.41) is 83.0. The number of nitrogens with one attached hydrogen (secondary N) is 5. The first-order valence-corrected chi connectivity index (χ1v) is 40.7. The van der Waals surface area contributed by atoms with Crippen LogP contribution in [0.1, 0.15) is 184 Å². The quantitative estimate of drug-likeness (QED) is 0.0252. The number of rotatable bonds is 11. The van der Waals surface area contributed by atoms with E-state index in [0.717, 1.165) is 81.7 Å². The van der Waals surface area contributed by atoms with Crippen molar-refractivity contribution in [2.75, 3.05) is 31.2 Å². The SMILES string of the molecule is Oc1ccc(/C=C/c2c(CCc3ccc([C@H]4C[C@@]56C[C@@H]7N[C@H](C5)[C@H](c5ccccc5)C=C7CNC[C@@H](c5c[nH]c(C[C@@H]7CCOC8(CCCCC8)C7)c5)CSSC[C@H]5CC[C@@H]7C[C@@H]6[C@@H](N4)[C@]4(c6cnc[nH]6)[C@H]6[C@@H](O)C=C[C@H]8CCC[C@]86CC[C@@]574)cc3)c(O)c(O)c3c(O)cccc23)cc1O. The molecule has 6 aliphatic heterocycles. The van der Waals surface area contributed by atoms with Gasteiger partial charge in [-0.25, -0.2) is 4.98 Å². The van der Waals surface area contributed by atoms with Gasteiger partial charge in [0.15, 0.2) is 23.0 Å². The molecular formula is C85H100N6O7S2. The number of H-pyrrole nitrogens is 2. The summed E-state index contributed by atoms with van der Waals surface area (Å²) < 4.78 is 6.61.